The Kier molecular flexibility index (Phi) is 19.6. The van der Waals surface area contributed by atoms with Gasteiger partial charge < -0.3 is 34.6 Å². The van der Waals surface area contributed by atoms with Crippen LogP contribution in [-0.4, -0.2) is 134 Å². The Bertz CT molecular complexity index is 1440. The fourth-order valence-corrected chi connectivity index (χ4v) is 8.13. The lowest BCUT2D eigenvalue weighted by Crippen LogP contribution is -2.59. The van der Waals surface area contributed by atoms with Crippen molar-refractivity contribution in [2.75, 3.05) is 41.9 Å². The van der Waals surface area contributed by atoms with E-state index in [2.05, 4.69) is 10.6 Å². The van der Waals surface area contributed by atoms with Gasteiger partial charge in [0.1, 0.15) is 17.7 Å². The number of methoxy groups -OCH3 is 2. The number of hydrogen-bond acceptors (Lipinski definition) is 9. The number of nitrogens with one attached hydrogen (secondary N) is 2. The number of ether oxygens (including phenoxy) is 3. The fourth-order valence-electron chi connectivity index (χ4n) is 8.13. The van der Waals surface area contributed by atoms with Crippen LogP contribution >= 0.6 is 0 Å². The molecular weight excluding hydrogens is 727 g/mol. The molecule has 0 saturated carbocycles. The maximum Gasteiger partial charge on any atom is 0.329 e. The van der Waals surface area contributed by atoms with Crippen LogP contribution in [0.2, 0.25) is 0 Å². The molecule has 0 spiro atoms. The van der Waals surface area contributed by atoms with Gasteiger partial charge in [0.25, 0.3) is 0 Å². The third kappa shape index (κ3) is 14.1. The van der Waals surface area contributed by atoms with Gasteiger partial charge >= 0.3 is 5.97 Å². The highest BCUT2D eigenvalue weighted by molar-refractivity contribution is 5.90. The summed E-state index contributed by atoms with van der Waals surface area (Å²) in [5.74, 6) is -2.42. The van der Waals surface area contributed by atoms with Crippen molar-refractivity contribution in [1.82, 2.24) is 25.3 Å². The molecule has 2 N–H and O–H groups in total. The van der Waals surface area contributed by atoms with Crippen molar-refractivity contribution in [3.8, 4) is 0 Å². The molecule has 1 aliphatic heterocycles. The van der Waals surface area contributed by atoms with Crippen LogP contribution < -0.4 is 10.6 Å². The Morgan fingerprint density at radius 3 is 1.98 bits per heavy atom. The van der Waals surface area contributed by atoms with Crippen LogP contribution in [0.1, 0.15) is 100 Å². The minimum absolute atomic E-state index is 0.00316. The largest absolute Gasteiger partial charge is 0.458 e. The maximum atomic E-state index is 14.3. The van der Waals surface area contributed by atoms with Crippen molar-refractivity contribution in [2.24, 2.45) is 23.7 Å². The molecule has 0 aromatic heterocycles. The summed E-state index contributed by atoms with van der Waals surface area (Å²) < 4.78 is 17.7. The first kappa shape index (κ1) is 49.6. The number of carbonyl (C=O) groups is 5. The Morgan fingerprint density at radius 1 is 0.877 bits per heavy atom. The van der Waals surface area contributed by atoms with Gasteiger partial charge in [-0.15, -0.1) is 0 Å². The second kappa shape index (κ2) is 22.6. The van der Waals surface area contributed by atoms with Crippen molar-refractivity contribution in [1.29, 1.82) is 0 Å². The van der Waals surface area contributed by atoms with E-state index in [-0.39, 0.29) is 54.2 Å². The minimum atomic E-state index is -0.923. The van der Waals surface area contributed by atoms with Crippen LogP contribution in [0.4, 0.5) is 0 Å². The standard InChI is InChI=1S/C44H75N5O8/c1-16-29(6)38(48(13)42(53)36(27(2)3)46-41(52)37(28(4)5)47(11)12)34(55-14)26-35(50)49-24-20-23-33(49)39(56-15)30(7)40(51)45-32(43(54)57-44(8,9)10)25-31-21-18-17-19-22-31/h17-19,21-22,27-30,32-34,36-39H,16,20,23-26H2,1-15H3,(H,45,51)(H,46,52)/t29-,30+,32-,33-,34+,36-,37-,38-,39+/m0/s1. The molecule has 0 radical (unpaired) electrons. The summed E-state index contributed by atoms with van der Waals surface area (Å²) in [6.45, 7) is 19.4. The minimum Gasteiger partial charge on any atom is -0.458 e. The van der Waals surface area contributed by atoms with Crippen LogP contribution in [0.5, 0.6) is 0 Å². The topological polar surface area (TPSA) is 147 Å². The molecule has 1 heterocycles. The summed E-state index contributed by atoms with van der Waals surface area (Å²) in [4.78, 5) is 74.5. The lowest BCUT2D eigenvalue weighted by molar-refractivity contribution is -0.159. The normalized spacial score (nSPS) is 19.0. The first-order valence-electron chi connectivity index (χ1n) is 20.8. The Labute approximate surface area is 343 Å². The summed E-state index contributed by atoms with van der Waals surface area (Å²) in [5, 5.41) is 5.97. The smallest absolute Gasteiger partial charge is 0.329 e. The average Bonchev–Trinajstić information content (AvgIpc) is 3.62. The lowest BCUT2D eigenvalue weighted by Gasteiger charge is -2.41. The van der Waals surface area contributed by atoms with Crippen molar-refractivity contribution >= 4 is 29.6 Å². The van der Waals surface area contributed by atoms with Gasteiger partial charge in [-0.25, -0.2) is 4.79 Å². The number of amides is 4. The van der Waals surface area contributed by atoms with Crippen LogP contribution in [0, 0.1) is 23.7 Å². The van der Waals surface area contributed by atoms with Gasteiger partial charge in [0.05, 0.1) is 42.7 Å². The third-order valence-corrected chi connectivity index (χ3v) is 11.2. The van der Waals surface area contributed by atoms with Crippen LogP contribution in [0.25, 0.3) is 0 Å². The molecule has 0 aliphatic carbocycles. The van der Waals surface area contributed by atoms with E-state index in [1.807, 2.05) is 90.9 Å². The number of likely N-dealkylation sites (tertiary alicyclic amines) is 1. The number of esters is 1. The molecule has 0 unspecified atom stereocenters. The van der Waals surface area contributed by atoms with Gasteiger partial charge in [-0.2, -0.15) is 0 Å². The molecule has 1 fully saturated rings. The van der Waals surface area contributed by atoms with E-state index in [4.69, 9.17) is 14.2 Å². The average molecular weight is 802 g/mol. The molecule has 13 nitrogen and oxygen atoms in total. The number of likely N-dealkylation sites (N-methyl/N-ethyl adjacent to an activating group) is 2. The molecule has 13 heteroatoms. The number of benzene rings is 1. The van der Waals surface area contributed by atoms with Gasteiger partial charge in [-0.1, -0.05) is 85.2 Å². The highest BCUT2D eigenvalue weighted by atomic mass is 16.6. The highest BCUT2D eigenvalue weighted by Crippen LogP contribution is 2.30. The van der Waals surface area contributed by atoms with Crippen LogP contribution in [-0.2, 0) is 44.6 Å². The second-order valence-corrected chi connectivity index (χ2v) is 17.8. The molecule has 2 rings (SSSR count). The number of nitrogens with zero attached hydrogens (tertiary/aromatic N) is 3. The zero-order valence-electron chi connectivity index (χ0n) is 37.6. The summed E-state index contributed by atoms with van der Waals surface area (Å²) in [5.41, 5.74) is 0.134. The van der Waals surface area contributed by atoms with Crippen molar-refractivity contribution in [3.05, 3.63) is 35.9 Å². The van der Waals surface area contributed by atoms with Crippen LogP contribution in [0.3, 0.4) is 0 Å². The molecule has 57 heavy (non-hydrogen) atoms. The Morgan fingerprint density at radius 2 is 1.49 bits per heavy atom. The molecular formula is C44H75N5O8. The summed E-state index contributed by atoms with van der Waals surface area (Å²) >= 11 is 0. The summed E-state index contributed by atoms with van der Waals surface area (Å²) in [6.07, 6.45) is 1.04. The molecule has 1 aromatic rings. The SMILES string of the molecule is CC[C@H](C)[C@@H]([C@@H](CC(=O)N1CCC[C@H]1[C@H](OC)[C@@H](C)C(=O)N[C@@H](Cc1ccccc1)C(=O)OC(C)(C)C)OC)N(C)C(=O)[C@@H](NC(=O)[C@H](C(C)C)N(C)C)C(C)C. The zero-order valence-corrected chi connectivity index (χ0v) is 37.6. The number of rotatable bonds is 21. The van der Waals surface area contributed by atoms with Gasteiger partial charge in [0.2, 0.25) is 23.6 Å². The molecule has 1 aliphatic rings. The van der Waals surface area contributed by atoms with Gasteiger partial charge in [-0.05, 0) is 71.0 Å². The molecule has 1 saturated heterocycles. The molecule has 324 valence electrons. The predicted octanol–water partition coefficient (Wildman–Crippen LogP) is 4.70. The first-order valence-corrected chi connectivity index (χ1v) is 20.8. The van der Waals surface area contributed by atoms with E-state index < -0.39 is 59.9 Å². The van der Waals surface area contributed by atoms with E-state index in [1.165, 1.54) is 7.11 Å². The van der Waals surface area contributed by atoms with E-state index in [0.29, 0.717) is 13.0 Å². The van der Waals surface area contributed by atoms with Gasteiger partial charge in [0, 0.05) is 34.2 Å². The first-order chi connectivity index (χ1) is 26.6. The second-order valence-electron chi connectivity index (χ2n) is 17.8. The Balaban J connectivity index is 2.32. The van der Waals surface area contributed by atoms with Crippen molar-refractivity contribution in [2.45, 2.75) is 149 Å². The molecule has 1 aromatic carbocycles. The summed E-state index contributed by atoms with van der Waals surface area (Å²) in [7, 11) is 8.53. The van der Waals surface area contributed by atoms with E-state index >= 15 is 0 Å². The van der Waals surface area contributed by atoms with E-state index in [1.54, 1.807) is 51.7 Å². The fraction of sp³-hybridized carbons (Fsp3) is 0.750. The maximum absolute atomic E-state index is 14.3. The molecule has 9 atom stereocenters. The quantitative estimate of drug-likeness (QED) is 0.169. The zero-order chi connectivity index (χ0) is 43.4. The molecule has 0 bridgehead atoms. The number of hydrogen-bond donors (Lipinski definition) is 2. The van der Waals surface area contributed by atoms with Gasteiger partial charge in [-0.3, -0.25) is 24.1 Å². The van der Waals surface area contributed by atoms with Crippen molar-refractivity contribution in [3.63, 3.8) is 0 Å². The Hall–Kier alpha value is -3.55. The number of carbonyl (C=O) groups excluding carboxylic acids is 5. The monoisotopic (exact) mass is 802 g/mol. The van der Waals surface area contributed by atoms with E-state index in [0.717, 1.165) is 18.4 Å². The van der Waals surface area contributed by atoms with Gasteiger partial charge in [0.15, 0.2) is 0 Å². The highest BCUT2D eigenvalue weighted by Gasteiger charge is 2.43. The van der Waals surface area contributed by atoms with E-state index in [9.17, 15) is 24.0 Å². The van der Waals surface area contributed by atoms with Crippen molar-refractivity contribution < 1.29 is 38.2 Å². The predicted molar refractivity (Wildman–Crippen MR) is 223 cm³/mol. The lowest BCUT2D eigenvalue weighted by atomic mass is 9.89. The molecule has 4 amide bonds. The van der Waals surface area contributed by atoms with Crippen LogP contribution in [0.15, 0.2) is 30.3 Å². The summed E-state index contributed by atoms with van der Waals surface area (Å²) in [6, 6.07) is 6.47. The third-order valence-electron chi connectivity index (χ3n) is 11.2.